The van der Waals surface area contributed by atoms with Crippen LogP contribution in [0.15, 0.2) is 39.3 Å². The van der Waals surface area contributed by atoms with E-state index in [9.17, 15) is 0 Å². The standard InChI is InChI=1S/C10H9BrN2O/c11-8-3-1-2-7(4-8)5-9-6-10(12)14-13-9/h1-4,6H,5,12H2. The van der Waals surface area contributed by atoms with Gasteiger partial charge in [-0.3, -0.25) is 0 Å². The third-order valence-corrected chi connectivity index (χ3v) is 2.34. The smallest absolute Gasteiger partial charge is 0.222 e. The van der Waals surface area contributed by atoms with Gasteiger partial charge in [0.15, 0.2) is 0 Å². The molecule has 0 fully saturated rings. The van der Waals surface area contributed by atoms with Gasteiger partial charge in [0, 0.05) is 17.0 Å². The summed E-state index contributed by atoms with van der Waals surface area (Å²) >= 11 is 3.41. The second kappa shape index (κ2) is 3.84. The third kappa shape index (κ3) is 2.14. The fourth-order valence-electron chi connectivity index (χ4n) is 1.27. The summed E-state index contributed by atoms with van der Waals surface area (Å²) in [6.45, 7) is 0. The van der Waals surface area contributed by atoms with Crippen LogP contribution >= 0.6 is 15.9 Å². The highest BCUT2D eigenvalue weighted by atomic mass is 79.9. The fourth-order valence-corrected chi connectivity index (χ4v) is 1.71. The molecule has 0 spiro atoms. The quantitative estimate of drug-likeness (QED) is 0.894. The van der Waals surface area contributed by atoms with E-state index in [0.717, 1.165) is 16.6 Å². The summed E-state index contributed by atoms with van der Waals surface area (Å²) in [6, 6.07) is 9.80. The Labute approximate surface area is 90.0 Å². The number of rotatable bonds is 2. The third-order valence-electron chi connectivity index (χ3n) is 1.85. The second-order valence-corrected chi connectivity index (χ2v) is 3.94. The number of anilines is 1. The second-order valence-electron chi connectivity index (χ2n) is 3.03. The Bertz CT molecular complexity index is 439. The van der Waals surface area contributed by atoms with Crippen molar-refractivity contribution < 1.29 is 4.52 Å². The van der Waals surface area contributed by atoms with Crippen molar-refractivity contribution >= 4 is 21.8 Å². The van der Waals surface area contributed by atoms with Gasteiger partial charge in [0.25, 0.3) is 0 Å². The summed E-state index contributed by atoms with van der Waals surface area (Å²) in [5.74, 6) is 0.356. The molecule has 1 aromatic carbocycles. The summed E-state index contributed by atoms with van der Waals surface area (Å²) in [5.41, 5.74) is 7.45. The highest BCUT2D eigenvalue weighted by molar-refractivity contribution is 9.10. The maximum atomic E-state index is 5.42. The van der Waals surface area contributed by atoms with Gasteiger partial charge in [0.05, 0.1) is 5.69 Å². The van der Waals surface area contributed by atoms with Crippen LogP contribution < -0.4 is 5.73 Å². The van der Waals surface area contributed by atoms with E-state index in [1.807, 2.05) is 24.3 Å². The summed E-state index contributed by atoms with van der Waals surface area (Å²) in [5, 5.41) is 3.83. The Hall–Kier alpha value is -1.29. The van der Waals surface area contributed by atoms with E-state index in [4.69, 9.17) is 10.3 Å². The van der Waals surface area contributed by atoms with Crippen LogP contribution in [0.3, 0.4) is 0 Å². The van der Waals surface area contributed by atoms with E-state index < -0.39 is 0 Å². The highest BCUT2D eigenvalue weighted by Crippen LogP contribution is 2.15. The molecule has 3 nitrogen and oxygen atoms in total. The number of aromatic nitrogens is 1. The summed E-state index contributed by atoms with van der Waals surface area (Å²) in [6.07, 6.45) is 0.736. The number of nitrogen functional groups attached to an aromatic ring is 1. The molecule has 2 N–H and O–H groups in total. The lowest BCUT2D eigenvalue weighted by molar-refractivity contribution is 0.429. The van der Waals surface area contributed by atoms with Crippen LogP contribution in [0.1, 0.15) is 11.3 Å². The van der Waals surface area contributed by atoms with Crippen molar-refractivity contribution in [1.82, 2.24) is 5.16 Å². The molecule has 14 heavy (non-hydrogen) atoms. The van der Waals surface area contributed by atoms with Gasteiger partial charge < -0.3 is 10.3 Å². The molecular weight excluding hydrogens is 244 g/mol. The first kappa shape index (κ1) is 9.27. The predicted molar refractivity (Wildman–Crippen MR) is 57.9 cm³/mol. The number of halogens is 1. The van der Waals surface area contributed by atoms with Crippen LogP contribution in [-0.2, 0) is 6.42 Å². The average Bonchev–Trinajstić information content (AvgIpc) is 2.51. The van der Waals surface area contributed by atoms with Crippen molar-refractivity contribution in [3.63, 3.8) is 0 Å². The largest absolute Gasteiger partial charge is 0.368 e. The minimum atomic E-state index is 0.356. The van der Waals surface area contributed by atoms with E-state index in [1.165, 1.54) is 5.56 Å². The zero-order valence-electron chi connectivity index (χ0n) is 7.40. The molecule has 0 bridgehead atoms. The van der Waals surface area contributed by atoms with Gasteiger partial charge in [-0.05, 0) is 17.7 Å². The first-order chi connectivity index (χ1) is 6.74. The number of hydrogen-bond donors (Lipinski definition) is 1. The molecule has 72 valence electrons. The minimum absolute atomic E-state index is 0.356. The summed E-state index contributed by atoms with van der Waals surface area (Å²) in [7, 11) is 0. The van der Waals surface area contributed by atoms with Crippen molar-refractivity contribution in [2.45, 2.75) is 6.42 Å². The predicted octanol–water partition coefficient (Wildman–Crippen LogP) is 2.61. The van der Waals surface area contributed by atoms with E-state index in [1.54, 1.807) is 6.07 Å². The van der Waals surface area contributed by atoms with Gasteiger partial charge in [-0.1, -0.05) is 33.2 Å². The maximum Gasteiger partial charge on any atom is 0.222 e. The van der Waals surface area contributed by atoms with Crippen LogP contribution in [-0.4, -0.2) is 5.16 Å². The molecule has 0 amide bonds. The molecule has 0 unspecified atom stereocenters. The Balaban J connectivity index is 2.18. The van der Waals surface area contributed by atoms with Crippen molar-refractivity contribution in [2.75, 3.05) is 5.73 Å². The molecule has 2 aromatic rings. The van der Waals surface area contributed by atoms with E-state index in [0.29, 0.717) is 5.88 Å². The molecule has 1 aromatic heterocycles. The van der Waals surface area contributed by atoms with Crippen LogP contribution in [0.2, 0.25) is 0 Å². The van der Waals surface area contributed by atoms with Crippen molar-refractivity contribution in [1.29, 1.82) is 0 Å². The van der Waals surface area contributed by atoms with Crippen molar-refractivity contribution in [3.8, 4) is 0 Å². The molecule has 2 rings (SSSR count). The fraction of sp³-hybridized carbons (Fsp3) is 0.100. The maximum absolute atomic E-state index is 5.42. The number of nitrogens with zero attached hydrogens (tertiary/aromatic N) is 1. The number of nitrogens with two attached hydrogens (primary N) is 1. The molecule has 0 saturated heterocycles. The normalized spacial score (nSPS) is 10.4. The molecule has 0 atom stereocenters. The zero-order chi connectivity index (χ0) is 9.97. The molecule has 4 heteroatoms. The van der Waals surface area contributed by atoms with Crippen molar-refractivity contribution in [3.05, 3.63) is 46.1 Å². The molecule has 0 aliphatic heterocycles. The lowest BCUT2D eigenvalue weighted by atomic mass is 10.1. The Morgan fingerprint density at radius 1 is 1.36 bits per heavy atom. The molecule has 1 heterocycles. The summed E-state index contributed by atoms with van der Waals surface area (Å²) < 4.78 is 5.84. The van der Waals surface area contributed by atoms with Gasteiger partial charge in [-0.25, -0.2) is 0 Å². The molecule has 0 aliphatic carbocycles. The first-order valence-corrected chi connectivity index (χ1v) is 4.99. The van der Waals surface area contributed by atoms with Crippen LogP contribution in [0.5, 0.6) is 0 Å². The van der Waals surface area contributed by atoms with Gasteiger partial charge >= 0.3 is 0 Å². The van der Waals surface area contributed by atoms with Crippen LogP contribution in [0.25, 0.3) is 0 Å². The molecule has 0 aliphatic rings. The Morgan fingerprint density at radius 2 is 2.21 bits per heavy atom. The van der Waals surface area contributed by atoms with E-state index in [-0.39, 0.29) is 0 Å². The van der Waals surface area contributed by atoms with Gasteiger partial charge in [0.2, 0.25) is 5.88 Å². The minimum Gasteiger partial charge on any atom is -0.368 e. The molecule has 0 saturated carbocycles. The van der Waals surface area contributed by atoms with Crippen LogP contribution in [0.4, 0.5) is 5.88 Å². The van der Waals surface area contributed by atoms with Gasteiger partial charge in [-0.15, -0.1) is 0 Å². The number of hydrogen-bond acceptors (Lipinski definition) is 3. The van der Waals surface area contributed by atoms with Crippen LogP contribution in [0, 0.1) is 0 Å². The van der Waals surface area contributed by atoms with Gasteiger partial charge in [-0.2, -0.15) is 0 Å². The zero-order valence-corrected chi connectivity index (χ0v) is 8.99. The van der Waals surface area contributed by atoms with E-state index >= 15 is 0 Å². The highest BCUT2D eigenvalue weighted by Gasteiger charge is 2.02. The van der Waals surface area contributed by atoms with E-state index in [2.05, 4.69) is 21.1 Å². The van der Waals surface area contributed by atoms with Crippen molar-refractivity contribution in [2.24, 2.45) is 0 Å². The lowest BCUT2D eigenvalue weighted by Gasteiger charge is -1.97. The molecule has 0 radical (unpaired) electrons. The number of benzene rings is 1. The van der Waals surface area contributed by atoms with Gasteiger partial charge in [0.1, 0.15) is 0 Å². The first-order valence-electron chi connectivity index (χ1n) is 4.19. The SMILES string of the molecule is Nc1cc(Cc2cccc(Br)c2)no1. The average molecular weight is 253 g/mol. The monoisotopic (exact) mass is 252 g/mol. The topological polar surface area (TPSA) is 52.0 Å². The summed E-state index contributed by atoms with van der Waals surface area (Å²) in [4.78, 5) is 0. The molecular formula is C10H9BrN2O. The Kier molecular flexibility index (Phi) is 2.54. The lowest BCUT2D eigenvalue weighted by Crippen LogP contribution is -1.87. The Morgan fingerprint density at radius 3 is 2.86 bits per heavy atom.